The van der Waals surface area contributed by atoms with E-state index in [4.69, 9.17) is 0 Å². The molecule has 0 radical (unpaired) electrons. The van der Waals surface area contributed by atoms with Gasteiger partial charge >= 0.3 is 6.03 Å². The number of nitrogens with zero attached hydrogens (tertiary/aromatic N) is 2. The van der Waals surface area contributed by atoms with Crippen LogP contribution in [0.15, 0.2) is 24.3 Å². The van der Waals surface area contributed by atoms with Crippen molar-refractivity contribution in [1.29, 1.82) is 0 Å². The Hall–Kier alpha value is -2.64. The van der Waals surface area contributed by atoms with E-state index in [0.717, 1.165) is 12.8 Å². The van der Waals surface area contributed by atoms with Crippen LogP contribution in [-0.4, -0.2) is 58.9 Å². The lowest BCUT2D eigenvalue weighted by Crippen LogP contribution is -2.60. The lowest BCUT2D eigenvalue weighted by Gasteiger charge is -2.38. The van der Waals surface area contributed by atoms with Gasteiger partial charge in [0, 0.05) is 19.6 Å². The second kappa shape index (κ2) is 6.59. The summed E-state index contributed by atoms with van der Waals surface area (Å²) in [5.41, 5.74) is 0.662. The molecule has 3 saturated heterocycles. The molecule has 0 unspecified atom stereocenters. The predicted molar refractivity (Wildman–Crippen MR) is 90.4 cm³/mol. The highest BCUT2D eigenvalue weighted by molar-refractivity contribution is 5.98. The predicted octanol–water partition coefficient (Wildman–Crippen LogP) is 0.599. The number of urea groups is 1. The Kier molecular flexibility index (Phi) is 4.26. The second-order valence-electron chi connectivity index (χ2n) is 7.09. The van der Waals surface area contributed by atoms with E-state index in [-0.39, 0.29) is 42.3 Å². The summed E-state index contributed by atoms with van der Waals surface area (Å²) < 4.78 is 13.2. The van der Waals surface area contributed by atoms with Crippen molar-refractivity contribution in [2.45, 2.75) is 43.9 Å². The molecule has 0 aromatic heterocycles. The van der Waals surface area contributed by atoms with Gasteiger partial charge < -0.3 is 20.4 Å². The Morgan fingerprint density at radius 1 is 1.19 bits per heavy atom. The maximum Gasteiger partial charge on any atom is 0.315 e. The third kappa shape index (κ3) is 3.00. The van der Waals surface area contributed by atoms with Crippen molar-refractivity contribution in [3.05, 3.63) is 35.6 Å². The smallest absolute Gasteiger partial charge is 0.315 e. The summed E-state index contributed by atoms with van der Waals surface area (Å²) in [6.45, 7) is 1.20. The van der Waals surface area contributed by atoms with E-state index in [2.05, 4.69) is 10.6 Å². The van der Waals surface area contributed by atoms with Gasteiger partial charge in [0.25, 0.3) is 0 Å². The summed E-state index contributed by atoms with van der Waals surface area (Å²) in [6, 6.07) is 4.58. The molecule has 3 aliphatic heterocycles. The minimum absolute atomic E-state index is 0.00318. The van der Waals surface area contributed by atoms with Gasteiger partial charge in [-0.05, 0) is 37.0 Å². The zero-order valence-corrected chi connectivity index (χ0v) is 14.3. The fourth-order valence-electron chi connectivity index (χ4n) is 4.15. The van der Waals surface area contributed by atoms with Crippen LogP contribution in [-0.2, 0) is 16.1 Å². The van der Waals surface area contributed by atoms with Crippen molar-refractivity contribution >= 4 is 17.8 Å². The molecule has 3 atom stereocenters. The highest BCUT2D eigenvalue weighted by Crippen LogP contribution is 2.32. The Morgan fingerprint density at radius 2 is 2.00 bits per heavy atom. The molecule has 3 heterocycles. The van der Waals surface area contributed by atoms with E-state index >= 15 is 0 Å². The Balaban J connectivity index is 1.33. The highest BCUT2D eigenvalue weighted by Gasteiger charge is 2.51. The number of carbonyl (C=O) groups excluding carboxylic acids is 3. The van der Waals surface area contributed by atoms with Crippen LogP contribution in [0.2, 0.25) is 0 Å². The van der Waals surface area contributed by atoms with Gasteiger partial charge in [-0.25, -0.2) is 9.18 Å². The molecule has 7 nitrogen and oxygen atoms in total. The molecule has 1 aromatic carbocycles. The molecule has 2 N–H and O–H groups in total. The minimum Gasteiger partial charge on any atom is -0.334 e. The highest BCUT2D eigenvalue weighted by atomic mass is 19.1. The fraction of sp³-hybridized carbons (Fsp3) is 0.500. The van der Waals surface area contributed by atoms with Gasteiger partial charge in [0.1, 0.15) is 17.9 Å². The Labute approximate surface area is 150 Å². The third-order valence-corrected chi connectivity index (χ3v) is 5.37. The monoisotopic (exact) mass is 360 g/mol. The maximum absolute atomic E-state index is 13.2. The summed E-state index contributed by atoms with van der Waals surface area (Å²) in [5, 5.41) is 5.50. The van der Waals surface area contributed by atoms with Crippen LogP contribution >= 0.6 is 0 Å². The second-order valence-corrected chi connectivity index (χ2v) is 7.09. The van der Waals surface area contributed by atoms with Gasteiger partial charge in [0.05, 0.1) is 6.04 Å². The molecule has 4 rings (SSSR count). The largest absolute Gasteiger partial charge is 0.334 e. The standard InChI is InChI=1S/C18H21FN4O3/c19-12-4-1-3-11(7-12)9-20-18(26)21-13-8-15-17(25)22-6-2-5-14(22)16(24)23(15)10-13/h1,3-4,7,13-15H,2,5-6,8-10H2,(H2,20,21,26)/t13-,14+,15-/m0/s1. The van der Waals surface area contributed by atoms with Gasteiger partial charge in [0.2, 0.25) is 11.8 Å². The normalized spacial score (nSPS) is 27.3. The van der Waals surface area contributed by atoms with Crippen molar-refractivity contribution in [2.24, 2.45) is 0 Å². The lowest BCUT2D eigenvalue weighted by molar-refractivity contribution is -0.156. The summed E-state index contributed by atoms with van der Waals surface area (Å²) in [4.78, 5) is 40.6. The van der Waals surface area contributed by atoms with Gasteiger partial charge in [0.15, 0.2) is 0 Å². The first-order valence-electron chi connectivity index (χ1n) is 8.92. The topological polar surface area (TPSA) is 81.8 Å². The number of fused-ring (bicyclic) bond motifs is 2. The van der Waals surface area contributed by atoms with Gasteiger partial charge in [-0.3, -0.25) is 9.59 Å². The molecule has 0 aliphatic carbocycles. The molecule has 3 fully saturated rings. The average molecular weight is 360 g/mol. The van der Waals surface area contributed by atoms with Gasteiger partial charge in [-0.2, -0.15) is 0 Å². The summed E-state index contributed by atoms with van der Waals surface area (Å²) in [7, 11) is 0. The molecule has 4 amide bonds. The van der Waals surface area contributed by atoms with E-state index in [1.807, 2.05) is 0 Å². The van der Waals surface area contributed by atoms with Crippen molar-refractivity contribution in [3.63, 3.8) is 0 Å². The zero-order chi connectivity index (χ0) is 18.3. The van der Waals surface area contributed by atoms with Crippen LogP contribution in [0.4, 0.5) is 9.18 Å². The lowest BCUT2D eigenvalue weighted by atomic mass is 10.1. The molecule has 138 valence electrons. The molecular weight excluding hydrogens is 339 g/mol. The molecule has 0 saturated carbocycles. The van der Waals surface area contributed by atoms with Crippen LogP contribution in [0, 0.1) is 5.82 Å². The average Bonchev–Trinajstić information content (AvgIpc) is 3.26. The molecule has 1 aromatic rings. The Morgan fingerprint density at radius 3 is 2.81 bits per heavy atom. The molecule has 3 aliphatic rings. The van der Waals surface area contributed by atoms with E-state index in [1.165, 1.54) is 12.1 Å². The number of hydrogen-bond acceptors (Lipinski definition) is 3. The van der Waals surface area contributed by atoms with Crippen molar-refractivity contribution in [2.75, 3.05) is 13.1 Å². The van der Waals surface area contributed by atoms with Crippen LogP contribution in [0.1, 0.15) is 24.8 Å². The molecule has 0 bridgehead atoms. The molecule has 26 heavy (non-hydrogen) atoms. The number of rotatable bonds is 3. The van der Waals surface area contributed by atoms with Crippen molar-refractivity contribution < 1.29 is 18.8 Å². The minimum atomic E-state index is -0.467. The quantitative estimate of drug-likeness (QED) is 0.828. The van der Waals surface area contributed by atoms with Crippen LogP contribution in [0.25, 0.3) is 0 Å². The van der Waals surface area contributed by atoms with E-state index in [0.29, 0.717) is 25.1 Å². The third-order valence-electron chi connectivity index (χ3n) is 5.37. The number of nitrogens with one attached hydrogen (secondary N) is 2. The number of carbonyl (C=O) groups is 3. The van der Waals surface area contributed by atoms with Gasteiger partial charge in [-0.1, -0.05) is 12.1 Å². The number of piperazine rings is 1. The molecule has 8 heteroatoms. The first-order valence-corrected chi connectivity index (χ1v) is 8.92. The number of halogens is 1. The van der Waals surface area contributed by atoms with Crippen LogP contribution < -0.4 is 10.6 Å². The summed E-state index contributed by atoms with van der Waals surface area (Å²) in [5.74, 6) is -0.358. The summed E-state index contributed by atoms with van der Waals surface area (Å²) in [6.07, 6.45) is 2.02. The van der Waals surface area contributed by atoms with Crippen LogP contribution in [0.3, 0.4) is 0 Å². The molecular formula is C18H21FN4O3. The maximum atomic E-state index is 13.2. The van der Waals surface area contributed by atoms with E-state index in [9.17, 15) is 18.8 Å². The first-order chi connectivity index (χ1) is 12.5. The van der Waals surface area contributed by atoms with Crippen molar-refractivity contribution in [1.82, 2.24) is 20.4 Å². The number of hydrogen-bond donors (Lipinski definition) is 2. The summed E-state index contributed by atoms with van der Waals surface area (Å²) >= 11 is 0. The van der Waals surface area contributed by atoms with E-state index < -0.39 is 6.04 Å². The molecule has 0 spiro atoms. The Bertz CT molecular complexity index is 726. The SMILES string of the molecule is O=C(NCc1cccc(F)c1)N[C@H]1C[C@H]2C(=O)N3CCC[C@@H]3C(=O)N2C1. The van der Waals surface area contributed by atoms with Crippen LogP contribution in [0.5, 0.6) is 0 Å². The van der Waals surface area contributed by atoms with E-state index in [1.54, 1.807) is 21.9 Å². The van der Waals surface area contributed by atoms with Crippen molar-refractivity contribution in [3.8, 4) is 0 Å². The number of amides is 4. The zero-order valence-electron chi connectivity index (χ0n) is 14.3. The fourth-order valence-corrected chi connectivity index (χ4v) is 4.15. The number of benzene rings is 1. The first kappa shape index (κ1) is 16.8. The van der Waals surface area contributed by atoms with Gasteiger partial charge in [-0.15, -0.1) is 0 Å².